The fourth-order valence-electron chi connectivity index (χ4n) is 2.40. The number of benzene rings is 2. The molecule has 0 amide bonds. The van der Waals surface area contributed by atoms with E-state index >= 15 is 0 Å². The van der Waals surface area contributed by atoms with E-state index in [9.17, 15) is 18.0 Å². The highest BCUT2D eigenvalue weighted by Crippen LogP contribution is 2.16. The molecule has 0 bridgehead atoms. The molecule has 0 radical (unpaired) electrons. The van der Waals surface area contributed by atoms with Crippen LogP contribution in [0, 0.1) is 0 Å². The summed E-state index contributed by atoms with van der Waals surface area (Å²) in [6.07, 6.45) is 0. The lowest BCUT2D eigenvalue weighted by atomic mass is 10.1. The summed E-state index contributed by atoms with van der Waals surface area (Å²) >= 11 is 0. The maximum Gasteiger partial charge on any atom is 0.338 e. The van der Waals surface area contributed by atoms with Gasteiger partial charge in [0.15, 0.2) is 12.4 Å². The third kappa shape index (κ3) is 4.56. The van der Waals surface area contributed by atoms with E-state index < -0.39 is 16.0 Å². The molecule has 7 heteroatoms. The lowest BCUT2D eigenvalue weighted by Crippen LogP contribution is -2.30. The van der Waals surface area contributed by atoms with Gasteiger partial charge in [0.1, 0.15) is 0 Å². The van der Waals surface area contributed by atoms with Crippen LogP contribution < -0.4 is 0 Å². The van der Waals surface area contributed by atoms with Crippen molar-refractivity contribution in [1.29, 1.82) is 0 Å². The van der Waals surface area contributed by atoms with Crippen molar-refractivity contribution in [1.82, 2.24) is 4.31 Å². The molecule has 0 aromatic heterocycles. The van der Waals surface area contributed by atoms with Crippen molar-refractivity contribution < 1.29 is 22.7 Å². The Bertz CT molecular complexity index is 857. The third-order valence-electron chi connectivity index (χ3n) is 3.86. The molecule has 0 N–H and O–H groups in total. The predicted molar refractivity (Wildman–Crippen MR) is 97.6 cm³/mol. The van der Waals surface area contributed by atoms with Crippen molar-refractivity contribution >= 4 is 21.8 Å². The van der Waals surface area contributed by atoms with Crippen molar-refractivity contribution in [2.24, 2.45) is 0 Å². The number of carbonyl (C=O) groups is 2. The number of rotatable bonds is 8. The topological polar surface area (TPSA) is 80.8 Å². The second kappa shape index (κ2) is 8.73. The number of carbonyl (C=O) groups excluding carboxylic acids is 2. The lowest BCUT2D eigenvalue weighted by molar-refractivity contribution is 0.0474. The largest absolute Gasteiger partial charge is 0.454 e. The van der Waals surface area contributed by atoms with Crippen molar-refractivity contribution in [3.8, 4) is 0 Å². The van der Waals surface area contributed by atoms with Crippen molar-refractivity contribution in [3.63, 3.8) is 0 Å². The molecular formula is C19H21NO5S. The maximum absolute atomic E-state index is 12.4. The van der Waals surface area contributed by atoms with Gasteiger partial charge in [-0.15, -0.1) is 0 Å². The average molecular weight is 375 g/mol. The van der Waals surface area contributed by atoms with Crippen molar-refractivity contribution in [3.05, 3.63) is 65.7 Å². The Morgan fingerprint density at radius 3 is 2.00 bits per heavy atom. The van der Waals surface area contributed by atoms with E-state index in [2.05, 4.69) is 0 Å². The summed E-state index contributed by atoms with van der Waals surface area (Å²) < 4.78 is 31.2. The number of ether oxygens (including phenoxy) is 1. The highest BCUT2D eigenvalue weighted by Gasteiger charge is 2.22. The van der Waals surface area contributed by atoms with E-state index in [-0.39, 0.29) is 22.8 Å². The molecule has 6 nitrogen and oxygen atoms in total. The number of hydrogen-bond acceptors (Lipinski definition) is 5. The Morgan fingerprint density at radius 2 is 1.46 bits per heavy atom. The average Bonchev–Trinajstić information content (AvgIpc) is 2.67. The molecule has 26 heavy (non-hydrogen) atoms. The Labute approximate surface area is 153 Å². The summed E-state index contributed by atoms with van der Waals surface area (Å²) in [5.74, 6) is -0.985. The van der Waals surface area contributed by atoms with E-state index in [1.54, 1.807) is 44.2 Å². The van der Waals surface area contributed by atoms with Gasteiger partial charge in [0.25, 0.3) is 0 Å². The van der Waals surface area contributed by atoms with E-state index in [0.717, 1.165) is 0 Å². The van der Waals surface area contributed by atoms with Gasteiger partial charge < -0.3 is 4.74 Å². The number of Topliss-reactive ketones (excluding diaryl/α,β-unsaturated/α-hetero) is 1. The Hall–Kier alpha value is -2.51. The van der Waals surface area contributed by atoms with Crippen LogP contribution in [0.15, 0.2) is 59.5 Å². The van der Waals surface area contributed by atoms with Gasteiger partial charge in [0.2, 0.25) is 10.0 Å². The molecule has 0 fully saturated rings. The summed E-state index contributed by atoms with van der Waals surface area (Å²) in [4.78, 5) is 24.1. The maximum atomic E-state index is 12.4. The fraction of sp³-hybridized carbons (Fsp3) is 0.263. The predicted octanol–water partition coefficient (Wildman–Crippen LogP) is 2.76. The molecule has 0 spiro atoms. The van der Waals surface area contributed by atoms with E-state index in [1.807, 2.05) is 0 Å². The van der Waals surface area contributed by atoms with Gasteiger partial charge in [0.05, 0.1) is 10.5 Å². The zero-order chi connectivity index (χ0) is 19.2. The Balaban J connectivity index is 2.04. The first kappa shape index (κ1) is 19.8. The molecule has 0 unspecified atom stereocenters. The first-order valence-corrected chi connectivity index (χ1v) is 9.69. The van der Waals surface area contributed by atoms with Crippen LogP contribution in [0.3, 0.4) is 0 Å². The molecule has 0 saturated heterocycles. The molecule has 0 atom stereocenters. The summed E-state index contributed by atoms with van der Waals surface area (Å²) in [6.45, 7) is 3.88. The summed E-state index contributed by atoms with van der Waals surface area (Å²) in [7, 11) is -3.58. The number of hydrogen-bond donors (Lipinski definition) is 0. The normalized spacial score (nSPS) is 11.3. The van der Waals surface area contributed by atoms with Gasteiger partial charge in [-0.2, -0.15) is 4.31 Å². The molecule has 0 aliphatic rings. The van der Waals surface area contributed by atoms with E-state index in [4.69, 9.17) is 4.74 Å². The number of sulfonamides is 1. The monoisotopic (exact) mass is 375 g/mol. The number of ketones is 1. The quantitative estimate of drug-likeness (QED) is 0.523. The van der Waals surface area contributed by atoms with Crippen LogP contribution in [-0.4, -0.2) is 44.2 Å². The smallest absolute Gasteiger partial charge is 0.338 e. The zero-order valence-corrected chi connectivity index (χ0v) is 15.5. The van der Waals surface area contributed by atoms with Crippen LogP contribution in [0.1, 0.15) is 34.6 Å². The Morgan fingerprint density at radius 1 is 0.885 bits per heavy atom. The van der Waals surface area contributed by atoms with Crippen molar-refractivity contribution in [2.75, 3.05) is 19.7 Å². The molecule has 2 rings (SSSR count). The first-order chi connectivity index (χ1) is 12.4. The van der Waals surface area contributed by atoms with Crippen LogP contribution in [0.2, 0.25) is 0 Å². The molecule has 0 heterocycles. The van der Waals surface area contributed by atoms with Crippen LogP contribution in [0.4, 0.5) is 0 Å². The van der Waals surface area contributed by atoms with Gasteiger partial charge in [-0.3, -0.25) is 4.79 Å². The van der Waals surface area contributed by atoms with Gasteiger partial charge in [0, 0.05) is 18.7 Å². The van der Waals surface area contributed by atoms with Gasteiger partial charge in [-0.1, -0.05) is 44.2 Å². The third-order valence-corrected chi connectivity index (χ3v) is 5.93. The second-order valence-electron chi connectivity index (χ2n) is 5.48. The van der Waals surface area contributed by atoms with Crippen molar-refractivity contribution in [2.45, 2.75) is 18.7 Å². The minimum Gasteiger partial charge on any atom is -0.454 e. The molecule has 138 valence electrons. The van der Waals surface area contributed by atoms with Gasteiger partial charge in [-0.05, 0) is 24.3 Å². The molecule has 2 aromatic rings. The minimum absolute atomic E-state index is 0.109. The van der Waals surface area contributed by atoms with E-state index in [1.165, 1.54) is 28.6 Å². The number of esters is 1. The van der Waals surface area contributed by atoms with Crippen LogP contribution >= 0.6 is 0 Å². The molecule has 0 aliphatic carbocycles. The summed E-state index contributed by atoms with van der Waals surface area (Å²) in [6, 6.07) is 14.0. The summed E-state index contributed by atoms with van der Waals surface area (Å²) in [5, 5.41) is 0. The molecule has 0 saturated carbocycles. The molecule has 0 aliphatic heterocycles. The molecular weight excluding hydrogens is 354 g/mol. The van der Waals surface area contributed by atoms with Gasteiger partial charge in [-0.25, -0.2) is 13.2 Å². The lowest BCUT2D eigenvalue weighted by Gasteiger charge is -2.18. The van der Waals surface area contributed by atoms with Crippen LogP contribution in [0.25, 0.3) is 0 Å². The van der Waals surface area contributed by atoms with Crippen LogP contribution in [0.5, 0.6) is 0 Å². The van der Waals surface area contributed by atoms with Gasteiger partial charge >= 0.3 is 5.97 Å². The SMILES string of the molecule is CCN(CC)S(=O)(=O)c1ccc(C(=O)OCC(=O)c2ccccc2)cc1. The Kier molecular flexibility index (Phi) is 6.65. The van der Waals surface area contributed by atoms with E-state index in [0.29, 0.717) is 18.7 Å². The highest BCUT2D eigenvalue weighted by molar-refractivity contribution is 7.89. The fourth-order valence-corrected chi connectivity index (χ4v) is 3.86. The first-order valence-electron chi connectivity index (χ1n) is 8.25. The zero-order valence-electron chi connectivity index (χ0n) is 14.7. The highest BCUT2D eigenvalue weighted by atomic mass is 32.2. The second-order valence-corrected chi connectivity index (χ2v) is 7.42. The standard InChI is InChI=1S/C19H21NO5S/c1-3-20(4-2)26(23,24)17-12-10-16(11-13-17)19(22)25-14-18(21)15-8-6-5-7-9-15/h5-13H,3-4,14H2,1-2H3. The number of nitrogens with zero attached hydrogens (tertiary/aromatic N) is 1. The van der Waals surface area contributed by atoms with Crippen LogP contribution in [-0.2, 0) is 14.8 Å². The molecule has 2 aromatic carbocycles. The summed E-state index contributed by atoms with van der Waals surface area (Å²) in [5.41, 5.74) is 0.644. The minimum atomic E-state index is -3.58.